The number of rotatable bonds is 0. The number of pyridine rings is 1. The van der Waals surface area contributed by atoms with Crippen molar-refractivity contribution in [1.82, 2.24) is 4.98 Å². The van der Waals surface area contributed by atoms with Crippen LogP contribution in [0, 0.1) is 21.9 Å². The van der Waals surface area contributed by atoms with Gasteiger partial charge in [0.05, 0.1) is 5.56 Å². The highest BCUT2D eigenvalue weighted by atomic mass is 32.1. The molecule has 2 nitrogen and oxygen atoms in total. The summed E-state index contributed by atoms with van der Waals surface area (Å²) >= 11 is 4.62. The maximum absolute atomic E-state index is 12.3. The van der Waals surface area contributed by atoms with E-state index in [-0.39, 0.29) is 10.2 Å². The lowest BCUT2D eigenvalue weighted by atomic mass is 10.3. The van der Waals surface area contributed by atoms with Crippen molar-refractivity contribution in [3.05, 3.63) is 28.3 Å². The molecule has 1 heterocycles. The number of aromatic amines is 1. The molecule has 0 saturated carbocycles. The summed E-state index contributed by atoms with van der Waals surface area (Å²) in [6, 6.07) is 4.32. The van der Waals surface area contributed by atoms with Crippen LogP contribution in [0.2, 0.25) is 0 Å². The largest absolute Gasteiger partial charge is 0.322 e. The zero-order chi connectivity index (χ0) is 7.56. The Kier molecular flexibility index (Phi) is 1.78. The number of halogens is 1. The van der Waals surface area contributed by atoms with Crippen molar-refractivity contribution in [1.29, 1.82) is 5.26 Å². The van der Waals surface area contributed by atoms with Gasteiger partial charge in [0, 0.05) is 0 Å². The lowest BCUT2D eigenvalue weighted by molar-refractivity contribution is 0.582. The second kappa shape index (κ2) is 2.58. The fraction of sp³-hybridized carbons (Fsp3) is 0. The molecular weight excluding hydrogens is 151 g/mol. The van der Waals surface area contributed by atoms with Gasteiger partial charge in [0.25, 0.3) is 0 Å². The fourth-order valence-corrected chi connectivity index (χ4v) is 0.749. The normalized spacial score (nSPS) is 8.80. The van der Waals surface area contributed by atoms with Gasteiger partial charge in [0.15, 0.2) is 5.95 Å². The van der Waals surface area contributed by atoms with Crippen molar-refractivity contribution in [3.63, 3.8) is 0 Å². The van der Waals surface area contributed by atoms with Crippen LogP contribution in [0.25, 0.3) is 0 Å². The zero-order valence-electron chi connectivity index (χ0n) is 4.89. The van der Waals surface area contributed by atoms with Gasteiger partial charge in [0.2, 0.25) is 0 Å². The maximum atomic E-state index is 12.3. The van der Waals surface area contributed by atoms with E-state index >= 15 is 0 Å². The third-order valence-corrected chi connectivity index (χ3v) is 1.32. The molecule has 1 aromatic heterocycles. The Morgan fingerprint density at radius 1 is 1.60 bits per heavy atom. The summed E-state index contributed by atoms with van der Waals surface area (Å²) < 4.78 is 12.4. The highest BCUT2D eigenvalue weighted by Crippen LogP contribution is 1.99. The van der Waals surface area contributed by atoms with Gasteiger partial charge in [-0.2, -0.15) is 9.65 Å². The Bertz CT molecular complexity index is 336. The van der Waals surface area contributed by atoms with Crippen LogP contribution < -0.4 is 0 Å². The lowest BCUT2D eigenvalue weighted by Crippen LogP contribution is -1.84. The second-order valence-corrected chi connectivity index (χ2v) is 2.07. The molecule has 0 bridgehead atoms. The van der Waals surface area contributed by atoms with E-state index in [1.807, 2.05) is 6.07 Å². The molecule has 0 radical (unpaired) electrons. The molecule has 0 fully saturated rings. The predicted octanol–water partition coefficient (Wildman–Crippen LogP) is 1.75. The maximum Gasteiger partial charge on any atom is 0.192 e. The van der Waals surface area contributed by atoms with E-state index in [1.54, 1.807) is 0 Å². The molecule has 0 aliphatic heterocycles. The van der Waals surface area contributed by atoms with Crippen LogP contribution in [0.15, 0.2) is 12.1 Å². The van der Waals surface area contributed by atoms with Crippen LogP contribution in [0.4, 0.5) is 4.39 Å². The van der Waals surface area contributed by atoms with Gasteiger partial charge in [-0.1, -0.05) is 12.2 Å². The van der Waals surface area contributed by atoms with Crippen molar-refractivity contribution in [3.8, 4) is 6.07 Å². The lowest BCUT2D eigenvalue weighted by Gasteiger charge is -1.88. The first-order valence-corrected chi connectivity index (χ1v) is 2.94. The molecule has 0 unspecified atom stereocenters. The van der Waals surface area contributed by atoms with Gasteiger partial charge in [0.1, 0.15) is 10.7 Å². The molecule has 1 rings (SSSR count). The Labute approximate surface area is 61.9 Å². The average molecular weight is 154 g/mol. The third kappa shape index (κ3) is 1.20. The molecule has 0 atom stereocenters. The van der Waals surface area contributed by atoms with Crippen LogP contribution in [0.5, 0.6) is 0 Å². The molecular formula is C6H3FN2S. The van der Waals surface area contributed by atoms with Crippen LogP contribution in [0.1, 0.15) is 5.56 Å². The second-order valence-electron chi connectivity index (χ2n) is 1.66. The first kappa shape index (κ1) is 6.90. The Balaban J connectivity index is 3.38. The topological polar surface area (TPSA) is 39.6 Å². The van der Waals surface area contributed by atoms with Crippen molar-refractivity contribution in [2.75, 3.05) is 0 Å². The van der Waals surface area contributed by atoms with Gasteiger partial charge in [-0.3, -0.25) is 0 Å². The standard InChI is InChI=1S/C6H3FN2S/c7-5-2-1-4(3-8)6(10)9-5/h1-2H,(H,9,10). The third-order valence-electron chi connectivity index (χ3n) is 0.994. The molecule has 50 valence electrons. The molecule has 10 heavy (non-hydrogen) atoms. The zero-order valence-corrected chi connectivity index (χ0v) is 5.70. The minimum atomic E-state index is -0.524. The SMILES string of the molecule is N#Cc1ccc(F)[nH]c1=S. The van der Waals surface area contributed by atoms with Gasteiger partial charge in [-0.15, -0.1) is 0 Å². The number of aromatic nitrogens is 1. The van der Waals surface area contributed by atoms with Crippen molar-refractivity contribution >= 4 is 12.2 Å². The van der Waals surface area contributed by atoms with Crippen LogP contribution in [-0.4, -0.2) is 4.98 Å². The first-order chi connectivity index (χ1) is 4.74. The molecule has 0 aromatic carbocycles. The molecule has 4 heteroatoms. The van der Waals surface area contributed by atoms with E-state index in [2.05, 4.69) is 17.2 Å². The molecule has 0 spiro atoms. The summed E-state index contributed by atoms with van der Waals surface area (Å²) in [6.07, 6.45) is 0. The van der Waals surface area contributed by atoms with E-state index in [0.717, 1.165) is 6.07 Å². The van der Waals surface area contributed by atoms with Crippen molar-refractivity contribution < 1.29 is 4.39 Å². The van der Waals surface area contributed by atoms with E-state index in [4.69, 9.17) is 5.26 Å². The van der Waals surface area contributed by atoms with E-state index in [9.17, 15) is 4.39 Å². The number of H-pyrrole nitrogens is 1. The van der Waals surface area contributed by atoms with Crippen LogP contribution >= 0.6 is 12.2 Å². The number of nitrogens with one attached hydrogen (secondary N) is 1. The Hall–Kier alpha value is -1.21. The van der Waals surface area contributed by atoms with E-state index in [0.29, 0.717) is 0 Å². The number of nitrogens with zero attached hydrogens (tertiary/aromatic N) is 1. The fourth-order valence-electron chi connectivity index (χ4n) is 0.538. The van der Waals surface area contributed by atoms with Crippen molar-refractivity contribution in [2.24, 2.45) is 0 Å². The summed E-state index contributed by atoms with van der Waals surface area (Å²) in [5, 5.41) is 8.35. The van der Waals surface area contributed by atoms with Gasteiger partial charge in [-0.25, -0.2) is 0 Å². The minimum absolute atomic E-state index is 0.141. The Morgan fingerprint density at radius 3 is 2.80 bits per heavy atom. The smallest absolute Gasteiger partial charge is 0.192 e. The first-order valence-electron chi connectivity index (χ1n) is 2.53. The van der Waals surface area contributed by atoms with Gasteiger partial charge < -0.3 is 4.98 Å². The summed E-state index contributed by atoms with van der Waals surface area (Å²) in [4.78, 5) is 2.22. The van der Waals surface area contributed by atoms with E-state index < -0.39 is 5.95 Å². The van der Waals surface area contributed by atoms with E-state index in [1.165, 1.54) is 6.07 Å². The minimum Gasteiger partial charge on any atom is -0.322 e. The molecule has 0 aliphatic rings. The monoisotopic (exact) mass is 154 g/mol. The number of nitriles is 1. The Morgan fingerprint density at radius 2 is 2.30 bits per heavy atom. The molecule has 1 N–H and O–H groups in total. The summed E-state index contributed by atoms with van der Waals surface area (Å²) in [6.45, 7) is 0. The number of hydrogen-bond donors (Lipinski definition) is 1. The van der Waals surface area contributed by atoms with Crippen LogP contribution in [-0.2, 0) is 0 Å². The predicted molar refractivity (Wildman–Crippen MR) is 36.3 cm³/mol. The van der Waals surface area contributed by atoms with Gasteiger partial charge >= 0.3 is 0 Å². The van der Waals surface area contributed by atoms with Crippen molar-refractivity contribution in [2.45, 2.75) is 0 Å². The number of hydrogen-bond acceptors (Lipinski definition) is 2. The quantitative estimate of drug-likeness (QED) is 0.456. The summed E-state index contributed by atoms with van der Waals surface area (Å²) in [5.41, 5.74) is 0.288. The van der Waals surface area contributed by atoms with Crippen LogP contribution in [0.3, 0.4) is 0 Å². The summed E-state index contributed by atoms with van der Waals surface area (Å²) in [7, 11) is 0. The summed E-state index contributed by atoms with van der Waals surface area (Å²) in [5.74, 6) is -0.524. The molecule has 0 amide bonds. The highest BCUT2D eigenvalue weighted by Gasteiger charge is 1.93. The highest BCUT2D eigenvalue weighted by molar-refractivity contribution is 7.71. The molecule has 1 aromatic rings. The average Bonchev–Trinajstić information content (AvgIpc) is 1.88. The molecule has 0 aliphatic carbocycles. The van der Waals surface area contributed by atoms with Gasteiger partial charge in [-0.05, 0) is 12.1 Å². The molecule has 0 saturated heterocycles.